The van der Waals surface area contributed by atoms with Crippen LogP contribution in [0.1, 0.15) is 59.4 Å². The van der Waals surface area contributed by atoms with Gasteiger partial charge in [-0.2, -0.15) is 5.10 Å². The fraction of sp³-hybridized carbons (Fsp3) is 0.600. The first-order chi connectivity index (χ1) is 15.7. The van der Waals surface area contributed by atoms with Crippen molar-refractivity contribution < 1.29 is 13.9 Å². The second-order valence-electron chi connectivity index (χ2n) is 9.54. The van der Waals surface area contributed by atoms with Crippen molar-refractivity contribution in [1.82, 2.24) is 20.0 Å². The number of ether oxygens (including phenoxy) is 1. The Kier molecular flexibility index (Phi) is 6.55. The van der Waals surface area contributed by atoms with Gasteiger partial charge in [-0.1, -0.05) is 18.2 Å². The number of aromatic nitrogens is 2. The molecule has 1 aromatic heterocycles. The van der Waals surface area contributed by atoms with E-state index in [4.69, 9.17) is 4.74 Å². The number of amides is 1. The van der Waals surface area contributed by atoms with Crippen LogP contribution in [-0.2, 0) is 24.1 Å². The highest BCUT2D eigenvalue weighted by Gasteiger charge is 2.31. The molecule has 32 heavy (non-hydrogen) atoms. The highest BCUT2D eigenvalue weighted by molar-refractivity contribution is 5.94. The van der Waals surface area contributed by atoms with Gasteiger partial charge in [0.05, 0.1) is 6.10 Å². The molecular formula is C25H33FN4O2. The van der Waals surface area contributed by atoms with Gasteiger partial charge in [-0.05, 0) is 70.0 Å². The van der Waals surface area contributed by atoms with Gasteiger partial charge < -0.3 is 9.64 Å². The van der Waals surface area contributed by atoms with Crippen LogP contribution in [0.5, 0.6) is 0 Å². The van der Waals surface area contributed by atoms with Crippen LogP contribution in [0.25, 0.3) is 0 Å². The lowest BCUT2D eigenvalue weighted by molar-refractivity contribution is 0.0439. The summed E-state index contributed by atoms with van der Waals surface area (Å²) < 4.78 is 19.9. The highest BCUT2D eigenvalue weighted by Crippen LogP contribution is 2.27. The molecule has 0 saturated carbocycles. The van der Waals surface area contributed by atoms with Crippen LogP contribution in [0.3, 0.4) is 0 Å². The molecule has 0 unspecified atom stereocenters. The summed E-state index contributed by atoms with van der Waals surface area (Å²) in [4.78, 5) is 17.8. The van der Waals surface area contributed by atoms with Crippen molar-refractivity contribution in [3.63, 3.8) is 0 Å². The van der Waals surface area contributed by atoms with Crippen LogP contribution < -0.4 is 0 Å². The largest absolute Gasteiger partial charge is 0.376 e. The van der Waals surface area contributed by atoms with E-state index < -0.39 is 0 Å². The molecule has 2 saturated heterocycles. The van der Waals surface area contributed by atoms with Crippen LogP contribution in [0.2, 0.25) is 0 Å². The lowest BCUT2D eigenvalue weighted by Crippen LogP contribution is -2.44. The number of carbonyl (C=O) groups is 1. The number of piperidine rings is 1. The maximum absolute atomic E-state index is 14.0. The Morgan fingerprint density at radius 2 is 2.00 bits per heavy atom. The summed E-state index contributed by atoms with van der Waals surface area (Å²) in [5.41, 5.74) is 3.62. The molecule has 0 spiro atoms. The van der Waals surface area contributed by atoms with E-state index in [2.05, 4.69) is 15.1 Å². The molecule has 6 nitrogen and oxygen atoms in total. The van der Waals surface area contributed by atoms with E-state index in [1.54, 1.807) is 6.07 Å². The number of aryl methyl sites for hydroxylation is 1. The van der Waals surface area contributed by atoms with Gasteiger partial charge in [0.1, 0.15) is 5.82 Å². The number of benzene rings is 1. The van der Waals surface area contributed by atoms with Gasteiger partial charge in [0.25, 0.3) is 5.91 Å². The second-order valence-corrected chi connectivity index (χ2v) is 9.54. The number of aromatic amines is 1. The zero-order valence-corrected chi connectivity index (χ0v) is 18.7. The number of fused-ring (bicyclic) bond motifs is 1. The van der Waals surface area contributed by atoms with Crippen molar-refractivity contribution in [2.45, 2.75) is 57.6 Å². The number of hydrogen-bond acceptors (Lipinski definition) is 4. The van der Waals surface area contributed by atoms with Crippen molar-refractivity contribution in [2.75, 3.05) is 32.8 Å². The minimum Gasteiger partial charge on any atom is -0.376 e. The molecule has 7 heteroatoms. The summed E-state index contributed by atoms with van der Waals surface area (Å²) in [6.07, 6.45) is 7.27. The third-order valence-electron chi connectivity index (χ3n) is 7.28. The summed E-state index contributed by atoms with van der Waals surface area (Å²) in [7, 11) is 0. The monoisotopic (exact) mass is 440 g/mol. The Hall–Kier alpha value is -2.25. The van der Waals surface area contributed by atoms with E-state index in [9.17, 15) is 9.18 Å². The van der Waals surface area contributed by atoms with Gasteiger partial charge in [-0.3, -0.25) is 14.8 Å². The van der Waals surface area contributed by atoms with Crippen LogP contribution in [0.15, 0.2) is 24.3 Å². The topological polar surface area (TPSA) is 61.5 Å². The van der Waals surface area contributed by atoms with Crippen molar-refractivity contribution in [1.29, 1.82) is 0 Å². The number of H-pyrrole nitrogens is 1. The predicted molar refractivity (Wildman–Crippen MR) is 120 cm³/mol. The third kappa shape index (κ3) is 4.74. The Balaban J connectivity index is 1.22. The normalized spacial score (nSPS) is 21.7. The van der Waals surface area contributed by atoms with Crippen molar-refractivity contribution in [3.8, 4) is 0 Å². The molecule has 3 aliphatic rings. The molecule has 2 aromatic rings. The molecule has 3 heterocycles. The number of carbonyl (C=O) groups excluding carboxylic acids is 1. The van der Waals surface area contributed by atoms with Crippen LogP contribution in [-0.4, -0.2) is 64.8 Å². The molecule has 0 radical (unpaired) electrons. The molecule has 1 atom stereocenters. The molecule has 5 rings (SSSR count). The lowest BCUT2D eigenvalue weighted by Gasteiger charge is -2.35. The molecule has 2 aliphatic heterocycles. The Labute approximate surface area is 189 Å². The first-order valence-corrected chi connectivity index (χ1v) is 12.1. The Bertz CT molecular complexity index is 932. The maximum Gasteiger partial charge on any atom is 0.274 e. The zero-order valence-electron chi connectivity index (χ0n) is 18.7. The molecule has 172 valence electrons. The summed E-state index contributed by atoms with van der Waals surface area (Å²) in [5.74, 6) is 0.368. The number of nitrogens with one attached hydrogen (secondary N) is 1. The summed E-state index contributed by atoms with van der Waals surface area (Å²) >= 11 is 0. The molecular weight excluding hydrogens is 407 g/mol. The van der Waals surface area contributed by atoms with Gasteiger partial charge in [0.2, 0.25) is 0 Å². The van der Waals surface area contributed by atoms with Gasteiger partial charge in [-0.25, -0.2) is 4.39 Å². The first-order valence-electron chi connectivity index (χ1n) is 12.1. The van der Waals surface area contributed by atoms with E-state index in [1.165, 1.54) is 6.07 Å². The smallest absolute Gasteiger partial charge is 0.274 e. The van der Waals surface area contributed by atoms with Gasteiger partial charge in [0.15, 0.2) is 5.69 Å². The fourth-order valence-corrected chi connectivity index (χ4v) is 5.43. The molecule has 2 fully saturated rings. The average molecular weight is 441 g/mol. The van der Waals surface area contributed by atoms with Crippen LogP contribution in [0, 0.1) is 11.7 Å². The van der Waals surface area contributed by atoms with Gasteiger partial charge in [0, 0.05) is 43.1 Å². The van der Waals surface area contributed by atoms with Crippen molar-refractivity contribution in [2.24, 2.45) is 5.92 Å². The molecule has 1 aromatic carbocycles. The van der Waals surface area contributed by atoms with Crippen molar-refractivity contribution in [3.05, 3.63) is 52.6 Å². The number of rotatable bonds is 7. The summed E-state index contributed by atoms with van der Waals surface area (Å²) in [6.45, 7) is 4.69. The third-order valence-corrected chi connectivity index (χ3v) is 7.28. The van der Waals surface area contributed by atoms with Crippen molar-refractivity contribution >= 4 is 5.91 Å². The lowest BCUT2D eigenvalue weighted by atomic mass is 9.95. The molecule has 1 aliphatic carbocycles. The van der Waals surface area contributed by atoms with Gasteiger partial charge in [-0.15, -0.1) is 0 Å². The standard InChI is InChI=1S/C25H33FN4O2/c26-22-8-2-1-5-19(22)16-29-12-10-18(11-13-29)15-30(17-20-6-4-14-32-20)25(31)24-21-7-3-9-23(21)27-28-24/h1-2,5,8,18,20H,3-4,6-7,9-17H2,(H,27,28)/t20-/m1/s1. The van der Waals surface area contributed by atoms with Crippen LogP contribution >= 0.6 is 0 Å². The SMILES string of the molecule is O=C(c1n[nH]c2c1CCC2)N(CC1CCN(Cc2ccccc2F)CC1)C[C@H]1CCCO1. The molecule has 1 N–H and O–H groups in total. The number of hydrogen-bond donors (Lipinski definition) is 1. The number of nitrogens with zero attached hydrogens (tertiary/aromatic N) is 3. The first kappa shape index (κ1) is 21.6. The van der Waals surface area contributed by atoms with Gasteiger partial charge >= 0.3 is 0 Å². The van der Waals surface area contributed by atoms with E-state index >= 15 is 0 Å². The maximum atomic E-state index is 14.0. The molecule has 0 bridgehead atoms. The number of likely N-dealkylation sites (tertiary alicyclic amines) is 1. The minimum atomic E-state index is -0.130. The van der Waals surface area contributed by atoms with E-state index in [1.807, 2.05) is 17.0 Å². The van der Waals surface area contributed by atoms with E-state index in [-0.39, 0.29) is 17.8 Å². The average Bonchev–Trinajstić information content (AvgIpc) is 3.54. The predicted octanol–water partition coefficient (Wildman–Crippen LogP) is 3.57. The summed E-state index contributed by atoms with van der Waals surface area (Å²) in [5, 5.41) is 7.48. The quantitative estimate of drug-likeness (QED) is 0.715. The Morgan fingerprint density at radius 1 is 1.16 bits per heavy atom. The minimum absolute atomic E-state index is 0.0497. The number of halogens is 1. The Morgan fingerprint density at radius 3 is 2.78 bits per heavy atom. The highest BCUT2D eigenvalue weighted by atomic mass is 19.1. The van der Waals surface area contributed by atoms with E-state index in [0.717, 1.165) is 88.0 Å². The van der Waals surface area contributed by atoms with E-state index in [0.29, 0.717) is 24.7 Å². The molecule has 1 amide bonds. The second kappa shape index (κ2) is 9.71. The summed E-state index contributed by atoms with van der Waals surface area (Å²) in [6, 6.07) is 7.03. The van der Waals surface area contributed by atoms with Crippen LogP contribution in [0.4, 0.5) is 4.39 Å². The fourth-order valence-electron chi connectivity index (χ4n) is 5.43. The zero-order chi connectivity index (χ0) is 21.9.